The molecule has 0 bridgehead atoms. The fourth-order valence-corrected chi connectivity index (χ4v) is 3.16. The molecule has 0 atom stereocenters. The Morgan fingerprint density at radius 3 is 2.08 bits per heavy atom. The predicted octanol–water partition coefficient (Wildman–Crippen LogP) is 4.99. The molecule has 0 saturated heterocycles. The van der Waals surface area contributed by atoms with E-state index in [1.165, 1.54) is 56.9 Å². The number of nitrogens with two attached hydrogens (primary N) is 1. The Morgan fingerprint density at radius 1 is 1.04 bits per heavy atom. The van der Waals surface area contributed by atoms with Gasteiger partial charge in [0.15, 0.2) is 0 Å². The first-order valence-corrected chi connectivity index (χ1v) is 9.83. The fourth-order valence-electron chi connectivity index (χ4n) is 3.16. The molecule has 2 rings (SSSR count). The van der Waals surface area contributed by atoms with Gasteiger partial charge in [0.25, 0.3) is 5.91 Å². The normalized spacial score (nSPS) is 14.3. The monoisotopic (exact) mass is 379 g/mol. The van der Waals surface area contributed by atoms with E-state index in [4.69, 9.17) is 11.1 Å². The van der Waals surface area contributed by atoms with Gasteiger partial charge in [-0.15, -0.1) is 12.4 Å². The van der Waals surface area contributed by atoms with E-state index in [1.807, 2.05) is 24.3 Å². The van der Waals surface area contributed by atoms with Gasteiger partial charge in [0.05, 0.1) is 5.54 Å². The topological polar surface area (TPSA) is 79.0 Å². The Balaban J connectivity index is 0.00000338. The van der Waals surface area contributed by atoms with E-state index in [2.05, 4.69) is 12.2 Å². The molecule has 0 aliphatic heterocycles. The van der Waals surface area contributed by atoms with Gasteiger partial charge in [-0.1, -0.05) is 64.0 Å². The third-order valence-corrected chi connectivity index (χ3v) is 5.15. The molecule has 1 aliphatic rings. The van der Waals surface area contributed by atoms with E-state index in [1.54, 1.807) is 0 Å². The third kappa shape index (κ3) is 6.99. The van der Waals surface area contributed by atoms with Crippen LogP contribution in [0.3, 0.4) is 0 Å². The van der Waals surface area contributed by atoms with E-state index < -0.39 is 5.54 Å². The second-order valence-corrected chi connectivity index (χ2v) is 7.37. The highest BCUT2D eigenvalue weighted by molar-refractivity contribution is 6.01. The first kappa shape index (κ1) is 22.5. The van der Waals surface area contributed by atoms with E-state index >= 15 is 0 Å². The van der Waals surface area contributed by atoms with Crippen LogP contribution in [0.25, 0.3) is 0 Å². The molecule has 26 heavy (non-hydrogen) atoms. The van der Waals surface area contributed by atoms with Crippen molar-refractivity contribution in [1.29, 1.82) is 5.41 Å². The minimum absolute atomic E-state index is 0. The molecule has 1 aromatic carbocycles. The van der Waals surface area contributed by atoms with Crippen LogP contribution in [0.4, 0.5) is 0 Å². The molecular formula is C21H34ClN3O. The summed E-state index contributed by atoms with van der Waals surface area (Å²) in [5, 5.41) is 10.5. The SMILES string of the molecule is CCCCCCCCCCc1ccc(C(=O)NC2(C(=N)N)CC2)cc1.Cl. The predicted molar refractivity (Wildman–Crippen MR) is 111 cm³/mol. The number of halogens is 1. The van der Waals surface area contributed by atoms with Gasteiger partial charge in [-0.25, -0.2) is 0 Å². The van der Waals surface area contributed by atoms with Crippen LogP contribution >= 0.6 is 12.4 Å². The summed E-state index contributed by atoms with van der Waals surface area (Å²) in [5.74, 6) is -0.0708. The van der Waals surface area contributed by atoms with E-state index in [0.29, 0.717) is 5.56 Å². The van der Waals surface area contributed by atoms with Crippen molar-refractivity contribution in [3.8, 4) is 0 Å². The van der Waals surface area contributed by atoms with Crippen LogP contribution in [0.1, 0.15) is 87.1 Å². The molecule has 4 N–H and O–H groups in total. The Bertz CT molecular complexity index is 567. The lowest BCUT2D eigenvalue weighted by molar-refractivity contribution is 0.0943. The molecule has 0 aromatic heterocycles. The van der Waals surface area contributed by atoms with Crippen molar-refractivity contribution in [3.05, 3.63) is 35.4 Å². The van der Waals surface area contributed by atoms with Gasteiger partial charge in [-0.3, -0.25) is 10.2 Å². The Kier molecular flexibility index (Phi) is 9.71. The Labute approximate surface area is 164 Å². The number of amidine groups is 1. The van der Waals surface area contributed by atoms with Crippen LogP contribution in [-0.4, -0.2) is 17.3 Å². The first-order chi connectivity index (χ1) is 12.1. The molecule has 0 spiro atoms. The zero-order valence-corrected chi connectivity index (χ0v) is 16.8. The quantitative estimate of drug-likeness (QED) is 0.271. The number of benzene rings is 1. The highest BCUT2D eigenvalue weighted by Gasteiger charge is 2.47. The molecule has 1 fully saturated rings. The zero-order valence-electron chi connectivity index (χ0n) is 16.0. The van der Waals surface area contributed by atoms with Crippen LogP contribution in [0.5, 0.6) is 0 Å². The van der Waals surface area contributed by atoms with Gasteiger partial charge in [0, 0.05) is 5.56 Å². The van der Waals surface area contributed by atoms with Crippen LogP contribution < -0.4 is 11.1 Å². The number of unbranched alkanes of at least 4 members (excludes halogenated alkanes) is 7. The summed E-state index contributed by atoms with van der Waals surface area (Å²) in [7, 11) is 0. The first-order valence-electron chi connectivity index (χ1n) is 9.83. The average Bonchev–Trinajstić information content (AvgIpc) is 3.38. The molecule has 4 nitrogen and oxygen atoms in total. The van der Waals surface area contributed by atoms with Gasteiger partial charge in [-0.2, -0.15) is 0 Å². The highest BCUT2D eigenvalue weighted by atomic mass is 35.5. The maximum atomic E-state index is 12.3. The second kappa shape index (κ2) is 11.2. The van der Waals surface area contributed by atoms with Gasteiger partial charge in [0.1, 0.15) is 5.84 Å². The van der Waals surface area contributed by atoms with Gasteiger partial charge in [-0.05, 0) is 43.4 Å². The number of aryl methyl sites for hydroxylation is 1. The Hall–Kier alpha value is -1.55. The van der Waals surface area contributed by atoms with Crippen molar-refractivity contribution in [2.45, 2.75) is 83.1 Å². The number of hydrogen-bond donors (Lipinski definition) is 3. The van der Waals surface area contributed by atoms with Crippen molar-refractivity contribution in [2.75, 3.05) is 0 Å². The van der Waals surface area contributed by atoms with Crippen LogP contribution in [-0.2, 0) is 6.42 Å². The lowest BCUT2D eigenvalue weighted by atomic mass is 10.0. The van der Waals surface area contributed by atoms with E-state index in [0.717, 1.165) is 19.3 Å². The molecule has 1 aliphatic carbocycles. The number of rotatable bonds is 12. The number of carbonyl (C=O) groups is 1. The maximum absolute atomic E-state index is 12.3. The number of amides is 1. The molecule has 0 radical (unpaired) electrons. The lowest BCUT2D eigenvalue weighted by Crippen LogP contribution is -2.46. The molecule has 146 valence electrons. The number of nitrogens with one attached hydrogen (secondary N) is 2. The molecule has 5 heteroatoms. The molecular weight excluding hydrogens is 346 g/mol. The Morgan fingerprint density at radius 2 is 1.58 bits per heavy atom. The average molecular weight is 380 g/mol. The summed E-state index contributed by atoms with van der Waals surface area (Å²) in [5.41, 5.74) is 6.92. The third-order valence-electron chi connectivity index (χ3n) is 5.15. The second-order valence-electron chi connectivity index (χ2n) is 7.37. The van der Waals surface area contributed by atoms with Crippen molar-refractivity contribution in [3.63, 3.8) is 0 Å². The fraction of sp³-hybridized carbons (Fsp3) is 0.619. The lowest BCUT2D eigenvalue weighted by Gasteiger charge is -2.15. The summed E-state index contributed by atoms with van der Waals surface area (Å²) in [6.45, 7) is 2.25. The van der Waals surface area contributed by atoms with Crippen LogP contribution in [0.15, 0.2) is 24.3 Å². The molecule has 0 unspecified atom stereocenters. The summed E-state index contributed by atoms with van der Waals surface area (Å²) in [4.78, 5) is 12.3. The van der Waals surface area contributed by atoms with Gasteiger partial charge >= 0.3 is 0 Å². The van der Waals surface area contributed by atoms with Crippen molar-refractivity contribution < 1.29 is 4.79 Å². The summed E-state index contributed by atoms with van der Waals surface area (Å²) >= 11 is 0. The van der Waals surface area contributed by atoms with Crippen molar-refractivity contribution >= 4 is 24.1 Å². The van der Waals surface area contributed by atoms with E-state index in [-0.39, 0.29) is 24.1 Å². The molecule has 1 amide bonds. The van der Waals surface area contributed by atoms with Crippen LogP contribution in [0, 0.1) is 5.41 Å². The largest absolute Gasteiger partial charge is 0.386 e. The minimum atomic E-state index is -0.577. The van der Waals surface area contributed by atoms with Crippen molar-refractivity contribution in [2.24, 2.45) is 5.73 Å². The van der Waals surface area contributed by atoms with Crippen LogP contribution in [0.2, 0.25) is 0 Å². The van der Waals surface area contributed by atoms with E-state index in [9.17, 15) is 4.79 Å². The summed E-state index contributed by atoms with van der Waals surface area (Å²) in [6.07, 6.45) is 13.2. The number of carbonyl (C=O) groups excluding carboxylic acids is 1. The summed E-state index contributed by atoms with van der Waals surface area (Å²) < 4.78 is 0. The molecule has 1 aromatic rings. The van der Waals surface area contributed by atoms with Gasteiger partial charge < -0.3 is 11.1 Å². The highest BCUT2D eigenvalue weighted by Crippen LogP contribution is 2.35. The maximum Gasteiger partial charge on any atom is 0.252 e. The molecule has 0 heterocycles. The smallest absolute Gasteiger partial charge is 0.252 e. The number of hydrogen-bond acceptors (Lipinski definition) is 2. The summed E-state index contributed by atoms with van der Waals surface area (Å²) in [6, 6.07) is 7.85. The standard InChI is InChI=1S/C21H33N3O.ClH/c1-2-3-4-5-6-7-8-9-10-17-11-13-18(14-12-17)19(25)24-21(15-16-21)20(22)23;/h11-14H,2-10,15-16H2,1H3,(H3,22,23)(H,24,25);1H. The zero-order chi connectivity index (χ0) is 18.1. The van der Waals surface area contributed by atoms with Gasteiger partial charge in [0.2, 0.25) is 0 Å². The molecule has 1 saturated carbocycles. The minimum Gasteiger partial charge on any atom is -0.386 e. The van der Waals surface area contributed by atoms with Crippen molar-refractivity contribution in [1.82, 2.24) is 5.32 Å².